The van der Waals surface area contributed by atoms with Gasteiger partial charge in [0, 0.05) is 30.9 Å². The van der Waals surface area contributed by atoms with Crippen LogP contribution in [0, 0.1) is 10.1 Å². The molecule has 1 saturated heterocycles. The summed E-state index contributed by atoms with van der Waals surface area (Å²) in [4.78, 5) is 27.4. The van der Waals surface area contributed by atoms with Crippen LogP contribution in [0.5, 0.6) is 0 Å². The molecule has 12 heteroatoms. The van der Waals surface area contributed by atoms with E-state index < -0.39 is 14.9 Å². The third-order valence-corrected chi connectivity index (χ3v) is 9.02. The van der Waals surface area contributed by atoms with Crippen LogP contribution < -0.4 is 5.32 Å². The number of sulfonamides is 1. The summed E-state index contributed by atoms with van der Waals surface area (Å²) in [7, 11) is -3.58. The number of piperidine rings is 1. The van der Waals surface area contributed by atoms with Crippen LogP contribution in [0.1, 0.15) is 19.3 Å². The van der Waals surface area contributed by atoms with Gasteiger partial charge in [0.15, 0.2) is 4.34 Å². The normalized spacial score (nSPS) is 15.0. The molecule has 0 atom stereocenters. The number of benzene rings is 2. The van der Waals surface area contributed by atoms with Gasteiger partial charge in [-0.3, -0.25) is 14.9 Å². The molecule has 1 aliphatic heterocycles. The average molecular weight is 493 g/mol. The topological polar surface area (TPSA) is 123 Å². The van der Waals surface area contributed by atoms with E-state index in [1.807, 2.05) is 0 Å². The first-order chi connectivity index (χ1) is 15.3. The predicted octanol–water partition coefficient (Wildman–Crippen LogP) is 4.11. The smallest absolute Gasteiger partial charge is 0.270 e. The van der Waals surface area contributed by atoms with Crippen LogP contribution in [0.2, 0.25) is 0 Å². The van der Waals surface area contributed by atoms with Gasteiger partial charge in [-0.1, -0.05) is 24.2 Å². The van der Waals surface area contributed by atoms with Crippen LogP contribution in [0.3, 0.4) is 0 Å². The molecule has 1 fully saturated rings. The van der Waals surface area contributed by atoms with E-state index in [4.69, 9.17) is 0 Å². The zero-order valence-electron chi connectivity index (χ0n) is 16.9. The molecule has 2 heterocycles. The maximum atomic E-state index is 12.8. The fourth-order valence-electron chi connectivity index (χ4n) is 3.38. The molecule has 0 radical (unpaired) electrons. The number of nitrogens with zero attached hydrogens (tertiary/aromatic N) is 3. The third-order valence-electron chi connectivity index (χ3n) is 4.96. The molecule has 168 valence electrons. The van der Waals surface area contributed by atoms with Gasteiger partial charge in [-0.25, -0.2) is 13.4 Å². The average Bonchev–Trinajstić information content (AvgIpc) is 3.20. The number of nitrogens with one attached hydrogen (secondary N) is 1. The van der Waals surface area contributed by atoms with Crippen molar-refractivity contribution in [1.82, 2.24) is 9.29 Å². The van der Waals surface area contributed by atoms with Crippen molar-refractivity contribution in [3.8, 4) is 0 Å². The lowest BCUT2D eigenvalue weighted by Crippen LogP contribution is -2.35. The molecule has 1 aromatic heterocycles. The summed E-state index contributed by atoms with van der Waals surface area (Å²) in [5.41, 5.74) is 1.04. The fraction of sp³-hybridized carbons (Fsp3) is 0.300. The number of non-ortho nitro benzene ring substituents is 1. The number of aromatic nitrogens is 1. The van der Waals surface area contributed by atoms with Crippen molar-refractivity contribution < 1.29 is 18.1 Å². The minimum Gasteiger partial charge on any atom is -0.325 e. The van der Waals surface area contributed by atoms with Crippen molar-refractivity contribution in [1.29, 1.82) is 0 Å². The molecule has 1 aliphatic rings. The molecule has 2 aromatic carbocycles. The Bertz CT molecular complexity index is 1270. The van der Waals surface area contributed by atoms with Crippen molar-refractivity contribution in [2.75, 3.05) is 24.2 Å². The summed E-state index contributed by atoms with van der Waals surface area (Å²) in [6, 6.07) is 10.7. The molecule has 1 amide bonds. The minimum absolute atomic E-state index is 0.00479. The summed E-state index contributed by atoms with van der Waals surface area (Å²) in [5, 5.41) is 13.6. The molecule has 4 rings (SSSR count). The number of amides is 1. The van der Waals surface area contributed by atoms with Crippen LogP contribution in [0.4, 0.5) is 11.4 Å². The summed E-state index contributed by atoms with van der Waals surface area (Å²) < 4.78 is 28.5. The van der Waals surface area contributed by atoms with E-state index in [1.165, 1.54) is 51.7 Å². The second-order valence-corrected chi connectivity index (χ2v) is 11.4. The largest absolute Gasteiger partial charge is 0.325 e. The highest BCUT2D eigenvalue weighted by atomic mass is 32.2. The van der Waals surface area contributed by atoms with E-state index in [9.17, 15) is 23.3 Å². The number of carbonyl (C=O) groups excluding carboxylic acids is 1. The summed E-state index contributed by atoms with van der Waals surface area (Å²) >= 11 is 2.50. The number of anilines is 1. The second kappa shape index (κ2) is 9.53. The molecule has 1 N–H and O–H groups in total. The predicted molar refractivity (Wildman–Crippen MR) is 125 cm³/mol. The Labute approximate surface area is 193 Å². The van der Waals surface area contributed by atoms with Gasteiger partial charge in [0.25, 0.3) is 5.69 Å². The SMILES string of the molecule is O=C(CSc1nc2ccc([N+](=O)[O-])cc2s1)Nc1cccc(S(=O)(=O)N2CCCCC2)c1. The lowest BCUT2D eigenvalue weighted by Gasteiger charge is -2.26. The molecular formula is C20H20N4O5S3. The Morgan fingerprint density at radius 1 is 1.19 bits per heavy atom. The Morgan fingerprint density at radius 2 is 1.97 bits per heavy atom. The van der Waals surface area contributed by atoms with Gasteiger partial charge in [-0.15, -0.1) is 11.3 Å². The number of rotatable bonds is 7. The molecule has 32 heavy (non-hydrogen) atoms. The number of thioether (sulfide) groups is 1. The first-order valence-corrected chi connectivity index (χ1v) is 13.1. The van der Waals surface area contributed by atoms with Gasteiger partial charge in [-0.05, 0) is 37.1 Å². The van der Waals surface area contributed by atoms with E-state index in [-0.39, 0.29) is 22.2 Å². The molecule has 9 nitrogen and oxygen atoms in total. The lowest BCUT2D eigenvalue weighted by molar-refractivity contribution is -0.384. The monoisotopic (exact) mass is 492 g/mol. The Hall–Kier alpha value is -2.54. The Morgan fingerprint density at radius 3 is 2.72 bits per heavy atom. The number of thiazole rings is 1. The molecular weight excluding hydrogens is 472 g/mol. The molecule has 0 saturated carbocycles. The summed E-state index contributed by atoms with van der Waals surface area (Å²) in [5.74, 6) is -0.224. The van der Waals surface area contributed by atoms with Gasteiger partial charge in [0.1, 0.15) is 0 Å². The summed E-state index contributed by atoms with van der Waals surface area (Å²) in [6.45, 7) is 1.03. The molecule has 3 aromatic rings. The maximum Gasteiger partial charge on any atom is 0.270 e. The van der Waals surface area contributed by atoms with Crippen molar-refractivity contribution in [2.24, 2.45) is 0 Å². The van der Waals surface area contributed by atoms with Crippen LogP contribution in [-0.4, -0.2) is 47.4 Å². The maximum absolute atomic E-state index is 12.8. The van der Waals surface area contributed by atoms with Crippen molar-refractivity contribution in [3.63, 3.8) is 0 Å². The van der Waals surface area contributed by atoms with E-state index in [0.717, 1.165) is 19.3 Å². The second-order valence-electron chi connectivity index (χ2n) is 7.22. The number of fused-ring (bicyclic) bond motifs is 1. The van der Waals surface area contributed by atoms with Gasteiger partial charge < -0.3 is 5.32 Å². The zero-order valence-corrected chi connectivity index (χ0v) is 19.3. The first-order valence-electron chi connectivity index (χ1n) is 9.91. The van der Waals surface area contributed by atoms with Gasteiger partial charge in [-0.2, -0.15) is 4.31 Å². The first kappa shape index (κ1) is 22.6. The highest BCUT2D eigenvalue weighted by Gasteiger charge is 2.26. The quantitative estimate of drug-likeness (QED) is 0.299. The highest BCUT2D eigenvalue weighted by Crippen LogP contribution is 2.32. The molecule has 0 unspecified atom stereocenters. The number of carbonyl (C=O) groups is 1. The lowest BCUT2D eigenvalue weighted by atomic mass is 10.2. The van der Waals surface area contributed by atoms with Crippen molar-refractivity contribution >= 4 is 60.6 Å². The number of nitro benzene ring substituents is 1. The summed E-state index contributed by atoms with van der Waals surface area (Å²) in [6.07, 6.45) is 2.74. The van der Waals surface area contributed by atoms with E-state index in [2.05, 4.69) is 10.3 Å². The highest BCUT2D eigenvalue weighted by molar-refractivity contribution is 8.01. The van der Waals surface area contributed by atoms with Gasteiger partial charge in [0.2, 0.25) is 15.9 Å². The van der Waals surface area contributed by atoms with Crippen molar-refractivity contribution in [3.05, 3.63) is 52.6 Å². The van der Waals surface area contributed by atoms with Gasteiger partial charge in [0.05, 0.1) is 25.8 Å². The Kier molecular flexibility index (Phi) is 6.74. The van der Waals surface area contributed by atoms with Crippen LogP contribution in [-0.2, 0) is 14.8 Å². The van der Waals surface area contributed by atoms with E-state index in [1.54, 1.807) is 18.2 Å². The van der Waals surface area contributed by atoms with Gasteiger partial charge >= 0.3 is 0 Å². The molecule has 0 aliphatic carbocycles. The zero-order chi connectivity index (χ0) is 22.7. The fourth-order valence-corrected chi connectivity index (χ4v) is 6.85. The van der Waals surface area contributed by atoms with Crippen molar-refractivity contribution in [2.45, 2.75) is 28.5 Å². The van der Waals surface area contributed by atoms with E-state index >= 15 is 0 Å². The minimum atomic E-state index is -3.58. The van der Waals surface area contributed by atoms with Crippen LogP contribution >= 0.6 is 23.1 Å². The van der Waals surface area contributed by atoms with E-state index in [0.29, 0.717) is 33.3 Å². The number of nitro groups is 1. The Balaban J connectivity index is 1.39. The molecule has 0 spiro atoms. The van der Waals surface area contributed by atoms with Crippen LogP contribution in [0.15, 0.2) is 51.7 Å². The molecule has 0 bridgehead atoms. The standard InChI is InChI=1S/C20H20N4O5S3/c25-19(13-30-20-22-17-8-7-15(24(26)27)12-18(17)31-20)21-14-5-4-6-16(11-14)32(28,29)23-9-2-1-3-10-23/h4-8,11-12H,1-3,9-10,13H2,(H,21,25). The van der Waals surface area contributed by atoms with Crippen LogP contribution in [0.25, 0.3) is 10.2 Å². The third kappa shape index (κ3) is 5.09. The number of hydrogen-bond donors (Lipinski definition) is 1. The number of hydrogen-bond acceptors (Lipinski definition) is 8.